The zero-order valence-corrected chi connectivity index (χ0v) is 20.8. The summed E-state index contributed by atoms with van der Waals surface area (Å²) in [5.41, 5.74) is 3.38. The predicted octanol–water partition coefficient (Wildman–Crippen LogP) is 9.84. The molecule has 32 heavy (non-hydrogen) atoms. The molecule has 2 aromatic carbocycles. The summed E-state index contributed by atoms with van der Waals surface area (Å²) in [5.74, 6) is 1.03. The Labute approximate surface area is 200 Å². The summed E-state index contributed by atoms with van der Waals surface area (Å²) in [7, 11) is 0. The van der Waals surface area contributed by atoms with Crippen LogP contribution in [0.25, 0.3) is 22.4 Å². The minimum Gasteiger partial charge on any atom is -0.324 e. The number of hydrogen-bond acceptors (Lipinski definition) is 1. The van der Waals surface area contributed by atoms with Crippen LogP contribution < -0.4 is 0 Å². The normalized spacial score (nSPS) is 11.4. The summed E-state index contributed by atoms with van der Waals surface area (Å²) < 4.78 is 2.38. The van der Waals surface area contributed by atoms with Gasteiger partial charge >= 0.3 is 0 Å². The zero-order valence-electron chi connectivity index (χ0n) is 20.0. The number of nitrogens with zero attached hydrogens (tertiary/aromatic N) is 2. The van der Waals surface area contributed by atoms with Crippen LogP contribution in [0.3, 0.4) is 0 Å². The van der Waals surface area contributed by atoms with E-state index >= 15 is 0 Å². The van der Waals surface area contributed by atoms with Crippen LogP contribution in [0.4, 0.5) is 0 Å². The first-order chi connectivity index (χ1) is 15.8. The van der Waals surface area contributed by atoms with E-state index in [9.17, 15) is 0 Å². The Morgan fingerprint density at radius 3 is 1.91 bits per heavy atom. The molecule has 3 rings (SSSR count). The lowest BCUT2D eigenvalue weighted by Crippen LogP contribution is -2.01. The van der Waals surface area contributed by atoms with Crippen molar-refractivity contribution in [3.8, 4) is 11.4 Å². The van der Waals surface area contributed by atoms with Crippen LogP contribution in [0.15, 0.2) is 48.5 Å². The van der Waals surface area contributed by atoms with Crippen molar-refractivity contribution in [2.24, 2.45) is 0 Å². The number of aryl methyl sites for hydroxylation is 1. The lowest BCUT2D eigenvalue weighted by atomic mass is 10.0. The Balaban J connectivity index is 1.36. The smallest absolute Gasteiger partial charge is 0.141 e. The summed E-state index contributed by atoms with van der Waals surface area (Å²) in [6.45, 7) is 3.30. The van der Waals surface area contributed by atoms with Gasteiger partial charge in [0, 0.05) is 17.1 Å². The maximum atomic E-state index is 6.25. The number of fused-ring (bicyclic) bond motifs is 1. The van der Waals surface area contributed by atoms with E-state index in [2.05, 4.69) is 41.8 Å². The molecular weight excluding hydrogens is 412 g/mol. The Morgan fingerprint density at radius 1 is 0.688 bits per heavy atom. The molecule has 1 aromatic heterocycles. The van der Waals surface area contributed by atoms with Crippen LogP contribution in [0.1, 0.15) is 96.8 Å². The highest BCUT2D eigenvalue weighted by molar-refractivity contribution is 6.30. The number of para-hydroxylation sites is 2. The maximum Gasteiger partial charge on any atom is 0.141 e. The average molecular weight is 453 g/mol. The molecule has 0 atom stereocenters. The highest BCUT2D eigenvalue weighted by Crippen LogP contribution is 2.27. The van der Waals surface area contributed by atoms with Gasteiger partial charge in [-0.1, -0.05) is 126 Å². The van der Waals surface area contributed by atoms with Crippen molar-refractivity contribution in [2.45, 2.75) is 103 Å². The summed E-state index contributed by atoms with van der Waals surface area (Å²) in [6, 6.07) is 16.5. The van der Waals surface area contributed by atoms with Gasteiger partial charge in [-0.25, -0.2) is 4.98 Å². The van der Waals surface area contributed by atoms with Crippen LogP contribution in [0.5, 0.6) is 0 Å². The monoisotopic (exact) mass is 452 g/mol. The summed E-state index contributed by atoms with van der Waals surface area (Å²) in [6.07, 6.45) is 19.4. The lowest BCUT2D eigenvalue weighted by molar-refractivity contribution is 0.526. The molecule has 3 heteroatoms. The van der Waals surface area contributed by atoms with E-state index in [1.807, 2.05) is 18.2 Å². The highest BCUT2D eigenvalue weighted by atomic mass is 35.5. The number of unbranched alkanes of at least 4 members (excludes halogenated alkanes) is 13. The Morgan fingerprint density at radius 2 is 1.28 bits per heavy atom. The van der Waals surface area contributed by atoms with Gasteiger partial charge in [0.1, 0.15) is 5.82 Å². The van der Waals surface area contributed by atoms with Crippen LogP contribution in [0.2, 0.25) is 5.02 Å². The quantitative estimate of drug-likeness (QED) is 0.198. The van der Waals surface area contributed by atoms with E-state index < -0.39 is 0 Å². The van der Waals surface area contributed by atoms with Gasteiger partial charge in [-0.2, -0.15) is 0 Å². The third-order valence-electron chi connectivity index (χ3n) is 6.47. The predicted molar refractivity (Wildman–Crippen MR) is 140 cm³/mol. The number of benzene rings is 2. The first-order valence-corrected chi connectivity index (χ1v) is 13.4. The number of halogens is 1. The molecule has 0 N–H and O–H groups in total. The molecule has 0 radical (unpaired) electrons. The minimum absolute atomic E-state index is 0.762. The fourth-order valence-corrected chi connectivity index (χ4v) is 4.80. The van der Waals surface area contributed by atoms with Gasteiger partial charge in [-0.15, -0.1) is 0 Å². The van der Waals surface area contributed by atoms with Crippen molar-refractivity contribution in [3.05, 3.63) is 53.6 Å². The summed E-state index contributed by atoms with van der Waals surface area (Å²) >= 11 is 6.25. The first kappa shape index (κ1) is 24.8. The van der Waals surface area contributed by atoms with E-state index in [0.29, 0.717) is 0 Å². The zero-order chi connectivity index (χ0) is 22.4. The van der Waals surface area contributed by atoms with E-state index in [4.69, 9.17) is 16.6 Å². The molecule has 0 aliphatic heterocycles. The van der Waals surface area contributed by atoms with E-state index in [0.717, 1.165) is 28.5 Å². The van der Waals surface area contributed by atoms with Gasteiger partial charge in [-0.05, 0) is 30.7 Å². The van der Waals surface area contributed by atoms with Crippen LogP contribution in [0, 0.1) is 0 Å². The molecule has 2 nitrogen and oxygen atoms in total. The average Bonchev–Trinajstić information content (AvgIpc) is 3.18. The van der Waals surface area contributed by atoms with Crippen molar-refractivity contribution < 1.29 is 0 Å². The molecule has 0 saturated carbocycles. The van der Waals surface area contributed by atoms with Crippen LogP contribution >= 0.6 is 11.6 Å². The molecule has 0 amide bonds. The van der Waals surface area contributed by atoms with Crippen molar-refractivity contribution in [2.75, 3.05) is 0 Å². The third kappa shape index (κ3) is 7.96. The standard InChI is InChI=1S/C29H41ClN2/c1-2-3-4-5-6-7-8-9-10-11-12-13-14-17-23-32-28-22-16-15-21-27(28)31-29(32)25-19-18-20-26(30)24-25/h15-16,18-22,24H,2-14,17,23H2,1H3. The van der Waals surface area contributed by atoms with Crippen molar-refractivity contribution >= 4 is 22.6 Å². The fraction of sp³-hybridized carbons (Fsp3) is 0.552. The number of imidazole rings is 1. The molecular formula is C29H41ClN2. The largest absolute Gasteiger partial charge is 0.324 e. The second-order valence-electron chi connectivity index (χ2n) is 9.18. The van der Waals surface area contributed by atoms with Crippen molar-refractivity contribution in [1.82, 2.24) is 9.55 Å². The molecule has 1 heterocycles. The lowest BCUT2D eigenvalue weighted by Gasteiger charge is -2.10. The minimum atomic E-state index is 0.762. The van der Waals surface area contributed by atoms with Crippen molar-refractivity contribution in [1.29, 1.82) is 0 Å². The summed E-state index contributed by atoms with van der Waals surface area (Å²) in [4.78, 5) is 4.91. The fourth-order valence-electron chi connectivity index (χ4n) is 4.61. The molecule has 3 aromatic rings. The highest BCUT2D eigenvalue weighted by Gasteiger charge is 2.12. The SMILES string of the molecule is CCCCCCCCCCCCCCCCn1c(-c2cccc(Cl)c2)nc2ccccc21. The maximum absolute atomic E-state index is 6.25. The number of hydrogen-bond donors (Lipinski definition) is 0. The van der Waals surface area contributed by atoms with Crippen LogP contribution in [-0.4, -0.2) is 9.55 Å². The van der Waals surface area contributed by atoms with Gasteiger partial charge in [0.25, 0.3) is 0 Å². The van der Waals surface area contributed by atoms with Gasteiger partial charge in [-0.3, -0.25) is 0 Å². The molecule has 174 valence electrons. The molecule has 0 bridgehead atoms. The number of aromatic nitrogens is 2. The van der Waals surface area contributed by atoms with Gasteiger partial charge in [0.2, 0.25) is 0 Å². The number of rotatable bonds is 16. The molecule has 0 saturated heterocycles. The van der Waals surface area contributed by atoms with Gasteiger partial charge in [0.05, 0.1) is 11.0 Å². The summed E-state index contributed by atoms with van der Waals surface area (Å²) in [5, 5.41) is 0.762. The van der Waals surface area contributed by atoms with Crippen LogP contribution in [-0.2, 0) is 6.54 Å². The van der Waals surface area contributed by atoms with E-state index in [1.54, 1.807) is 0 Å². The second-order valence-corrected chi connectivity index (χ2v) is 9.62. The molecule has 0 aliphatic carbocycles. The molecule has 0 unspecified atom stereocenters. The molecule has 0 fully saturated rings. The topological polar surface area (TPSA) is 17.8 Å². The molecule has 0 aliphatic rings. The molecule has 0 spiro atoms. The second kappa shape index (κ2) is 14.4. The van der Waals surface area contributed by atoms with Gasteiger partial charge < -0.3 is 4.57 Å². The Hall–Kier alpha value is -1.80. The Bertz CT molecular complexity index is 914. The van der Waals surface area contributed by atoms with E-state index in [1.165, 1.54) is 95.4 Å². The van der Waals surface area contributed by atoms with E-state index in [-0.39, 0.29) is 0 Å². The third-order valence-corrected chi connectivity index (χ3v) is 6.71. The Kier molecular flexibility index (Phi) is 11.2. The van der Waals surface area contributed by atoms with Gasteiger partial charge in [0.15, 0.2) is 0 Å². The van der Waals surface area contributed by atoms with Crippen molar-refractivity contribution in [3.63, 3.8) is 0 Å². The first-order valence-electron chi connectivity index (χ1n) is 13.0.